The van der Waals surface area contributed by atoms with E-state index in [1.165, 1.54) is 44.9 Å². The summed E-state index contributed by atoms with van der Waals surface area (Å²) in [6, 6.07) is 0.506. The van der Waals surface area contributed by atoms with Crippen molar-refractivity contribution in [2.24, 2.45) is 51.8 Å². The van der Waals surface area contributed by atoms with Crippen molar-refractivity contribution in [3.63, 3.8) is 0 Å². The van der Waals surface area contributed by atoms with Crippen LogP contribution in [0.5, 0.6) is 0 Å². The molecule has 180 valence electrons. The van der Waals surface area contributed by atoms with Crippen LogP contribution in [0, 0.1) is 51.8 Å². The molecule has 1 heteroatoms. The molecular weight excluding hydrogens is 386 g/mol. The Bertz CT molecular complexity index is 758. The largest absolute Gasteiger partial charge is 0.242 e. The minimum absolute atomic E-state index is 0.506. The molecule has 5 saturated carbocycles. The van der Waals surface area contributed by atoms with Gasteiger partial charge >= 0.3 is 0 Å². The topological polar surface area (TPSA) is 3.01 Å². The molecule has 0 aromatic heterocycles. The van der Waals surface area contributed by atoms with Gasteiger partial charge in [0.05, 0.1) is 0 Å². The van der Waals surface area contributed by atoms with Gasteiger partial charge in [0.15, 0.2) is 6.04 Å². The number of hydrogen-bond donors (Lipinski definition) is 0. The van der Waals surface area contributed by atoms with Gasteiger partial charge in [-0.2, -0.15) is 0 Å². The third-order valence-corrected chi connectivity index (χ3v) is 12.3. The first kappa shape index (κ1) is 23.2. The van der Waals surface area contributed by atoms with Crippen LogP contribution in [0.4, 0.5) is 0 Å². The van der Waals surface area contributed by atoms with Crippen LogP contribution in [0.15, 0.2) is 12.2 Å². The Kier molecular flexibility index (Phi) is 5.78. The monoisotopic (exact) mass is 438 g/mol. The summed E-state index contributed by atoms with van der Waals surface area (Å²) < 4.78 is 2.14. The van der Waals surface area contributed by atoms with Gasteiger partial charge in [0, 0.05) is 6.42 Å². The fraction of sp³-hybridized carbons (Fsp3) is 0.903. The molecule has 5 fully saturated rings. The highest BCUT2D eigenvalue weighted by Crippen LogP contribution is 2.74. The Balaban J connectivity index is 1.41. The highest BCUT2D eigenvalue weighted by Gasteiger charge is 2.65. The van der Waals surface area contributed by atoms with Crippen LogP contribution in [0.3, 0.4) is 0 Å². The fourth-order valence-corrected chi connectivity index (χ4v) is 10.6. The summed E-state index contributed by atoms with van der Waals surface area (Å²) in [6.45, 7) is 18.9. The first-order valence-electron chi connectivity index (χ1n) is 14.4. The lowest BCUT2D eigenvalue weighted by Crippen LogP contribution is -2.56. The third-order valence-electron chi connectivity index (χ3n) is 12.3. The summed E-state index contributed by atoms with van der Waals surface area (Å²) in [5, 5.41) is 0. The third kappa shape index (κ3) is 3.41. The maximum absolute atomic E-state index is 4.73. The van der Waals surface area contributed by atoms with E-state index in [0.29, 0.717) is 16.9 Å². The Morgan fingerprint density at radius 2 is 1.66 bits per heavy atom. The predicted molar refractivity (Wildman–Crippen MR) is 137 cm³/mol. The van der Waals surface area contributed by atoms with Gasteiger partial charge in [-0.1, -0.05) is 32.9 Å². The second kappa shape index (κ2) is 7.98. The van der Waals surface area contributed by atoms with E-state index in [1.807, 2.05) is 0 Å². The molecule has 0 aliphatic heterocycles. The molecule has 0 spiro atoms. The van der Waals surface area contributed by atoms with Crippen molar-refractivity contribution in [1.82, 2.24) is 0 Å². The molecule has 8 unspecified atom stereocenters. The van der Waals surface area contributed by atoms with E-state index in [2.05, 4.69) is 46.0 Å². The van der Waals surface area contributed by atoms with Crippen molar-refractivity contribution in [1.29, 1.82) is 0 Å². The maximum atomic E-state index is 4.73. The summed E-state index contributed by atoms with van der Waals surface area (Å²) in [4.78, 5) is 0. The first-order valence-corrected chi connectivity index (χ1v) is 14.4. The second-order valence-corrected chi connectivity index (χ2v) is 14.1. The number of fused-ring (bicyclic) bond motifs is 5. The second-order valence-electron chi connectivity index (χ2n) is 14.1. The van der Waals surface area contributed by atoms with Gasteiger partial charge in [-0.25, -0.2) is 4.58 Å². The summed E-state index contributed by atoms with van der Waals surface area (Å²) in [6.07, 6.45) is 19.2. The quantitative estimate of drug-likeness (QED) is 0.224. The Morgan fingerprint density at radius 1 is 0.938 bits per heavy atom. The van der Waals surface area contributed by atoms with Crippen molar-refractivity contribution in [3.05, 3.63) is 12.2 Å². The molecule has 0 saturated heterocycles. The molecule has 0 amide bonds. The number of nitrogens with zero attached hydrogens (tertiary/aromatic N) is 1. The molecule has 5 aliphatic carbocycles. The van der Waals surface area contributed by atoms with Crippen LogP contribution < -0.4 is 0 Å². The molecule has 0 aromatic rings. The zero-order chi connectivity index (χ0) is 22.9. The zero-order valence-electron chi connectivity index (χ0n) is 22.1. The lowest BCUT2D eigenvalue weighted by Gasteiger charge is -2.64. The van der Waals surface area contributed by atoms with Crippen LogP contribution >= 0.6 is 0 Å². The van der Waals surface area contributed by atoms with E-state index in [1.54, 1.807) is 37.7 Å². The van der Waals surface area contributed by atoms with Crippen molar-refractivity contribution >= 4 is 6.72 Å². The average molecular weight is 439 g/mol. The summed E-state index contributed by atoms with van der Waals surface area (Å²) in [5.41, 5.74) is 3.44. The molecular formula is C31H52N+. The van der Waals surface area contributed by atoms with Crippen LogP contribution in [0.1, 0.15) is 111 Å². The van der Waals surface area contributed by atoms with Crippen molar-refractivity contribution in [3.8, 4) is 0 Å². The maximum Gasteiger partial charge on any atom is 0.152 e. The van der Waals surface area contributed by atoms with Crippen LogP contribution in [0.2, 0.25) is 0 Å². The van der Waals surface area contributed by atoms with E-state index in [4.69, 9.17) is 6.58 Å². The molecule has 5 aliphatic rings. The number of rotatable bonds is 6. The molecule has 1 nitrogen and oxygen atoms in total. The molecule has 8 atom stereocenters. The van der Waals surface area contributed by atoms with E-state index >= 15 is 0 Å². The van der Waals surface area contributed by atoms with Crippen LogP contribution in [-0.2, 0) is 0 Å². The van der Waals surface area contributed by atoms with E-state index < -0.39 is 0 Å². The highest BCUT2D eigenvalue weighted by atomic mass is 15.0. The Morgan fingerprint density at radius 3 is 2.31 bits per heavy atom. The standard InChI is InChI=1S/C31H52N/c1-8-30-16-15-28-25(27(30)14-13-26(30)21(2)19-22(3)32(6)7)12-11-24-20-29(4,5)17-18-31(24,28)23-9-10-23/h22-28H,2,6,8-20H2,1,3-5,7H3/q+1. The lowest BCUT2D eigenvalue weighted by atomic mass is 9.41. The van der Waals surface area contributed by atoms with Crippen molar-refractivity contribution in [2.75, 3.05) is 7.05 Å². The zero-order valence-corrected chi connectivity index (χ0v) is 22.1. The van der Waals surface area contributed by atoms with Crippen molar-refractivity contribution in [2.45, 2.75) is 117 Å². The van der Waals surface area contributed by atoms with Gasteiger partial charge in [0.1, 0.15) is 13.8 Å². The summed E-state index contributed by atoms with van der Waals surface area (Å²) in [5.74, 6) is 5.94. The average Bonchev–Trinajstić information content (AvgIpc) is 3.52. The number of hydrogen-bond acceptors (Lipinski definition) is 0. The minimum Gasteiger partial charge on any atom is -0.242 e. The molecule has 0 N–H and O–H groups in total. The van der Waals surface area contributed by atoms with Crippen molar-refractivity contribution < 1.29 is 4.58 Å². The lowest BCUT2D eigenvalue weighted by molar-refractivity contribution is -0.525. The SMILES string of the molecule is C=C(CC(C)[N+](=C)C)C1CCC2C3CCC4CC(C)(C)CCC4(C4CC4)C3CCC12CC. The van der Waals surface area contributed by atoms with Gasteiger partial charge in [0.2, 0.25) is 0 Å². The van der Waals surface area contributed by atoms with Crippen LogP contribution in [0.25, 0.3) is 0 Å². The van der Waals surface area contributed by atoms with Gasteiger partial charge in [-0.15, -0.1) is 0 Å². The van der Waals surface area contributed by atoms with E-state index in [0.717, 1.165) is 47.3 Å². The predicted octanol–water partition coefficient (Wildman–Crippen LogP) is 8.13. The molecule has 5 rings (SSSR count). The van der Waals surface area contributed by atoms with E-state index in [9.17, 15) is 0 Å². The molecule has 0 bridgehead atoms. The Hall–Kier alpha value is -0.590. The van der Waals surface area contributed by atoms with Gasteiger partial charge < -0.3 is 0 Å². The van der Waals surface area contributed by atoms with E-state index in [-0.39, 0.29) is 0 Å². The molecule has 32 heavy (non-hydrogen) atoms. The Labute approximate surface area is 199 Å². The molecule has 0 radical (unpaired) electrons. The van der Waals surface area contributed by atoms with Crippen LogP contribution in [-0.4, -0.2) is 24.4 Å². The fourth-order valence-electron chi connectivity index (χ4n) is 10.6. The minimum atomic E-state index is 0.506. The highest BCUT2D eigenvalue weighted by molar-refractivity contribution is 5.20. The summed E-state index contributed by atoms with van der Waals surface area (Å²) >= 11 is 0. The molecule has 0 heterocycles. The van der Waals surface area contributed by atoms with Gasteiger partial charge in [-0.3, -0.25) is 0 Å². The van der Waals surface area contributed by atoms with Gasteiger partial charge in [-0.05, 0) is 136 Å². The molecule has 0 aromatic carbocycles. The normalized spacial score (nSPS) is 46.0. The van der Waals surface area contributed by atoms with Gasteiger partial charge in [0.25, 0.3) is 0 Å². The smallest absolute Gasteiger partial charge is 0.152 e. The summed E-state index contributed by atoms with van der Waals surface area (Å²) in [7, 11) is 2.12. The first-order chi connectivity index (χ1) is 15.1.